The number of hydrogen-bond acceptors (Lipinski definition) is 4. The molecule has 1 aromatic heterocycles. The molecule has 0 radical (unpaired) electrons. The molecule has 1 saturated heterocycles. The predicted octanol–water partition coefficient (Wildman–Crippen LogP) is 3.64. The second kappa shape index (κ2) is 6.50. The molecule has 2 atom stereocenters. The molecule has 0 amide bonds. The summed E-state index contributed by atoms with van der Waals surface area (Å²) in [5.41, 5.74) is 3.41. The first-order valence-electron chi connectivity index (χ1n) is 9.28. The van der Waals surface area contributed by atoms with E-state index in [2.05, 4.69) is 4.98 Å². The van der Waals surface area contributed by atoms with Gasteiger partial charge < -0.3 is 0 Å². The van der Waals surface area contributed by atoms with E-state index in [0.29, 0.717) is 30.1 Å². The van der Waals surface area contributed by atoms with Crippen molar-refractivity contribution in [1.29, 1.82) is 0 Å². The van der Waals surface area contributed by atoms with E-state index in [9.17, 15) is 12.8 Å². The molecule has 0 unspecified atom stereocenters. The molecule has 0 bridgehead atoms. The molecule has 0 spiro atoms. The van der Waals surface area contributed by atoms with E-state index in [0.717, 1.165) is 16.7 Å². The highest BCUT2D eigenvalue weighted by molar-refractivity contribution is 7.92. The number of hydrogen-bond donors (Lipinski definition) is 0. The molecule has 3 aromatic rings. The van der Waals surface area contributed by atoms with Crippen molar-refractivity contribution >= 4 is 9.84 Å². The molecule has 2 aromatic carbocycles. The molecule has 1 fully saturated rings. The Bertz CT molecular complexity index is 1150. The maximum absolute atomic E-state index is 14.0. The van der Waals surface area contributed by atoms with E-state index < -0.39 is 15.1 Å². The predicted molar refractivity (Wildman–Crippen MR) is 105 cm³/mol. The number of likely N-dealkylation sites (tertiary alicyclic amines) is 1. The number of pyridine rings is 1. The Labute approximate surface area is 163 Å². The van der Waals surface area contributed by atoms with Gasteiger partial charge in [0.2, 0.25) is 0 Å². The molecule has 142 valence electrons. The summed E-state index contributed by atoms with van der Waals surface area (Å²) in [6, 6.07) is 16.1. The van der Waals surface area contributed by atoms with Crippen molar-refractivity contribution < 1.29 is 12.8 Å². The second-order valence-electron chi connectivity index (χ2n) is 7.47. The van der Waals surface area contributed by atoms with Crippen LogP contribution in [-0.2, 0) is 16.4 Å². The highest BCUT2D eigenvalue weighted by Gasteiger charge is 2.50. The van der Waals surface area contributed by atoms with Crippen LogP contribution in [0.5, 0.6) is 0 Å². The van der Waals surface area contributed by atoms with Gasteiger partial charge in [-0.05, 0) is 41.0 Å². The van der Waals surface area contributed by atoms with Crippen molar-refractivity contribution in [3.63, 3.8) is 0 Å². The normalized spacial score (nSPS) is 22.8. The molecular formula is C22H19FN2O2S. The standard InChI is InChI=1S/C22H19FN2O2S/c23-20-6-2-1-4-17(20)12-25-13-19-18-10-15(16-5-3-9-24-11-16)7-8-21(18)28(26,27)22(19)14-25/h1-11,19,22H,12-14H2/t19-,22+/m1/s1. The Hall–Kier alpha value is -2.57. The summed E-state index contributed by atoms with van der Waals surface area (Å²) in [6.45, 7) is 1.47. The number of aromatic nitrogens is 1. The monoisotopic (exact) mass is 394 g/mol. The van der Waals surface area contributed by atoms with Gasteiger partial charge in [0.05, 0.1) is 10.1 Å². The maximum Gasteiger partial charge on any atom is 0.183 e. The summed E-state index contributed by atoms with van der Waals surface area (Å²) in [6.07, 6.45) is 3.50. The first-order chi connectivity index (χ1) is 13.5. The zero-order valence-corrected chi connectivity index (χ0v) is 15.9. The van der Waals surface area contributed by atoms with Gasteiger partial charge in [0.25, 0.3) is 0 Å². The van der Waals surface area contributed by atoms with Gasteiger partial charge >= 0.3 is 0 Å². The van der Waals surface area contributed by atoms with Gasteiger partial charge in [-0.15, -0.1) is 0 Å². The number of benzene rings is 2. The Morgan fingerprint density at radius 2 is 1.89 bits per heavy atom. The minimum Gasteiger partial charge on any atom is -0.297 e. The summed E-state index contributed by atoms with van der Waals surface area (Å²) in [7, 11) is -3.37. The quantitative estimate of drug-likeness (QED) is 0.681. The van der Waals surface area contributed by atoms with Crippen LogP contribution in [0, 0.1) is 5.82 Å². The minimum atomic E-state index is -3.37. The number of rotatable bonds is 3. The van der Waals surface area contributed by atoms with Crippen molar-refractivity contribution in [2.75, 3.05) is 13.1 Å². The molecule has 3 heterocycles. The third-order valence-corrected chi connectivity index (χ3v) is 8.06. The van der Waals surface area contributed by atoms with E-state index in [4.69, 9.17) is 0 Å². The van der Waals surface area contributed by atoms with Crippen LogP contribution >= 0.6 is 0 Å². The van der Waals surface area contributed by atoms with E-state index >= 15 is 0 Å². The van der Waals surface area contributed by atoms with Crippen LogP contribution in [0.25, 0.3) is 11.1 Å². The zero-order valence-electron chi connectivity index (χ0n) is 15.1. The molecule has 0 aliphatic carbocycles. The Morgan fingerprint density at radius 1 is 1.04 bits per heavy atom. The Balaban J connectivity index is 1.48. The zero-order chi connectivity index (χ0) is 19.3. The van der Waals surface area contributed by atoms with E-state index in [1.165, 1.54) is 6.07 Å². The van der Waals surface area contributed by atoms with Crippen LogP contribution in [0.4, 0.5) is 4.39 Å². The molecule has 6 heteroatoms. The fourth-order valence-corrected chi connectivity index (χ4v) is 6.63. The minimum absolute atomic E-state index is 0.0802. The van der Waals surface area contributed by atoms with Gasteiger partial charge in [-0.3, -0.25) is 9.88 Å². The van der Waals surface area contributed by atoms with Gasteiger partial charge in [0, 0.05) is 43.5 Å². The average molecular weight is 394 g/mol. The van der Waals surface area contributed by atoms with Gasteiger partial charge in [-0.2, -0.15) is 0 Å². The van der Waals surface area contributed by atoms with Crippen LogP contribution in [0.2, 0.25) is 0 Å². The van der Waals surface area contributed by atoms with Gasteiger partial charge in [-0.1, -0.05) is 30.3 Å². The van der Waals surface area contributed by atoms with E-state index in [1.807, 2.05) is 35.2 Å². The third kappa shape index (κ3) is 2.75. The highest BCUT2D eigenvalue weighted by Crippen LogP contribution is 2.46. The topological polar surface area (TPSA) is 50.3 Å². The van der Waals surface area contributed by atoms with Crippen LogP contribution < -0.4 is 0 Å². The maximum atomic E-state index is 14.0. The fraction of sp³-hybridized carbons (Fsp3) is 0.227. The van der Waals surface area contributed by atoms with Crippen molar-refractivity contribution in [1.82, 2.24) is 9.88 Å². The average Bonchev–Trinajstić information content (AvgIpc) is 3.22. The Morgan fingerprint density at radius 3 is 2.68 bits per heavy atom. The smallest absolute Gasteiger partial charge is 0.183 e. The first-order valence-corrected chi connectivity index (χ1v) is 10.8. The third-order valence-electron chi connectivity index (χ3n) is 5.80. The van der Waals surface area contributed by atoms with Gasteiger partial charge in [0.15, 0.2) is 9.84 Å². The van der Waals surface area contributed by atoms with Crippen LogP contribution in [0.15, 0.2) is 71.9 Å². The van der Waals surface area contributed by atoms with Crippen molar-refractivity contribution in [2.45, 2.75) is 22.6 Å². The lowest BCUT2D eigenvalue weighted by Crippen LogP contribution is -2.26. The molecule has 28 heavy (non-hydrogen) atoms. The molecule has 4 nitrogen and oxygen atoms in total. The number of halogens is 1. The number of sulfone groups is 1. The lowest BCUT2D eigenvalue weighted by atomic mass is 9.95. The highest BCUT2D eigenvalue weighted by atomic mass is 32.2. The van der Waals surface area contributed by atoms with Crippen molar-refractivity contribution in [3.8, 4) is 11.1 Å². The SMILES string of the molecule is O=S1(=O)c2ccc(-c3cccnc3)cc2[C@H]2CN(Cc3ccccc3F)C[C@@H]21. The van der Waals surface area contributed by atoms with E-state index in [-0.39, 0.29) is 11.7 Å². The lowest BCUT2D eigenvalue weighted by molar-refractivity contribution is 0.320. The molecule has 0 saturated carbocycles. The van der Waals surface area contributed by atoms with Crippen LogP contribution in [0.1, 0.15) is 17.0 Å². The van der Waals surface area contributed by atoms with Crippen LogP contribution in [-0.4, -0.2) is 36.6 Å². The first kappa shape index (κ1) is 17.5. The fourth-order valence-electron chi connectivity index (χ4n) is 4.44. The second-order valence-corrected chi connectivity index (χ2v) is 9.61. The van der Waals surface area contributed by atoms with Gasteiger partial charge in [-0.25, -0.2) is 12.8 Å². The largest absolute Gasteiger partial charge is 0.297 e. The summed E-state index contributed by atoms with van der Waals surface area (Å²) in [4.78, 5) is 6.65. The summed E-state index contributed by atoms with van der Waals surface area (Å²) in [5.74, 6) is -0.329. The van der Waals surface area contributed by atoms with Crippen LogP contribution in [0.3, 0.4) is 0 Å². The summed E-state index contributed by atoms with van der Waals surface area (Å²) >= 11 is 0. The summed E-state index contributed by atoms with van der Waals surface area (Å²) in [5, 5.41) is -0.460. The van der Waals surface area contributed by atoms with E-state index in [1.54, 1.807) is 30.6 Å². The summed E-state index contributed by atoms with van der Waals surface area (Å²) < 4.78 is 40.1. The molecule has 5 rings (SSSR count). The molecule has 0 N–H and O–H groups in total. The van der Waals surface area contributed by atoms with Crippen molar-refractivity contribution in [3.05, 3.63) is 83.9 Å². The van der Waals surface area contributed by atoms with Crippen molar-refractivity contribution in [2.24, 2.45) is 0 Å². The Kier molecular flexibility index (Phi) is 4.07. The molecule has 2 aliphatic heterocycles. The molecular weight excluding hydrogens is 375 g/mol. The number of fused-ring (bicyclic) bond motifs is 3. The van der Waals surface area contributed by atoms with Gasteiger partial charge in [0.1, 0.15) is 5.82 Å². The molecule has 2 aliphatic rings. The lowest BCUT2D eigenvalue weighted by Gasteiger charge is -2.18. The number of nitrogens with zero attached hydrogens (tertiary/aromatic N) is 2.